The van der Waals surface area contributed by atoms with Crippen LogP contribution in [-0.2, 0) is 0 Å². The molecule has 4 heteroatoms. The van der Waals surface area contributed by atoms with E-state index < -0.39 is 0 Å². The van der Waals surface area contributed by atoms with Crippen molar-refractivity contribution in [2.45, 2.75) is 20.8 Å². The van der Waals surface area contributed by atoms with Crippen LogP contribution in [0.5, 0.6) is 5.75 Å². The first kappa shape index (κ1) is 16.5. The highest BCUT2D eigenvalue weighted by Gasteiger charge is 2.19. The van der Waals surface area contributed by atoms with Gasteiger partial charge in [-0.25, -0.2) is 0 Å². The first-order valence-corrected chi connectivity index (χ1v) is 7.05. The summed E-state index contributed by atoms with van der Waals surface area (Å²) >= 11 is 0. The lowest BCUT2D eigenvalue weighted by molar-refractivity contribution is 0.0721. The summed E-state index contributed by atoms with van der Waals surface area (Å²) < 4.78 is 0. The molecule has 1 amide bonds. The standard InChI is InChI=1S/C16H26N2O2/c1-12(2)11-18(9-8-17(4)5)16(20)14-7-6-13(3)10-15(14)19/h6-7,10,12,19H,8-9,11H2,1-5H3. The topological polar surface area (TPSA) is 43.8 Å². The number of rotatable bonds is 6. The van der Waals surface area contributed by atoms with Gasteiger partial charge in [-0.3, -0.25) is 4.79 Å². The van der Waals surface area contributed by atoms with E-state index in [4.69, 9.17) is 0 Å². The van der Waals surface area contributed by atoms with E-state index in [9.17, 15) is 9.90 Å². The molecule has 1 aromatic carbocycles. The molecule has 1 aromatic rings. The lowest BCUT2D eigenvalue weighted by atomic mass is 10.1. The van der Waals surface area contributed by atoms with Crippen LogP contribution in [0.4, 0.5) is 0 Å². The van der Waals surface area contributed by atoms with Crippen LogP contribution in [0, 0.1) is 12.8 Å². The Hall–Kier alpha value is -1.55. The summed E-state index contributed by atoms with van der Waals surface area (Å²) in [5.74, 6) is 0.361. The summed E-state index contributed by atoms with van der Waals surface area (Å²) in [6.45, 7) is 8.24. The Labute approximate surface area is 122 Å². The molecule has 0 aromatic heterocycles. The number of phenolic OH excluding ortho intramolecular Hbond substituents is 1. The van der Waals surface area contributed by atoms with Crippen molar-refractivity contribution in [1.29, 1.82) is 0 Å². The maximum atomic E-state index is 12.6. The van der Waals surface area contributed by atoms with E-state index in [0.29, 0.717) is 24.6 Å². The van der Waals surface area contributed by atoms with Gasteiger partial charge >= 0.3 is 0 Å². The average molecular weight is 278 g/mol. The van der Waals surface area contributed by atoms with E-state index in [-0.39, 0.29) is 11.7 Å². The van der Waals surface area contributed by atoms with Gasteiger partial charge in [0.2, 0.25) is 0 Å². The second kappa shape index (κ2) is 7.29. The molecule has 20 heavy (non-hydrogen) atoms. The summed E-state index contributed by atoms with van der Waals surface area (Å²) in [6.07, 6.45) is 0. The van der Waals surface area contributed by atoms with Gasteiger partial charge in [-0.15, -0.1) is 0 Å². The van der Waals surface area contributed by atoms with Gasteiger partial charge in [0.25, 0.3) is 5.91 Å². The predicted octanol–water partition coefficient (Wildman–Crippen LogP) is 2.36. The third-order valence-corrected chi connectivity index (χ3v) is 3.07. The smallest absolute Gasteiger partial charge is 0.257 e. The number of aryl methyl sites for hydroxylation is 1. The third-order valence-electron chi connectivity index (χ3n) is 3.07. The Morgan fingerprint density at radius 3 is 2.40 bits per heavy atom. The second-order valence-electron chi connectivity index (χ2n) is 5.97. The second-order valence-corrected chi connectivity index (χ2v) is 5.97. The lowest BCUT2D eigenvalue weighted by Gasteiger charge is -2.26. The SMILES string of the molecule is Cc1ccc(C(=O)N(CCN(C)C)CC(C)C)c(O)c1. The minimum atomic E-state index is -0.0990. The average Bonchev–Trinajstić information content (AvgIpc) is 2.33. The molecule has 0 bridgehead atoms. The van der Waals surface area contributed by atoms with Crippen LogP contribution in [0.3, 0.4) is 0 Å². The van der Waals surface area contributed by atoms with Crippen molar-refractivity contribution >= 4 is 5.91 Å². The fourth-order valence-corrected chi connectivity index (χ4v) is 2.03. The van der Waals surface area contributed by atoms with Crippen molar-refractivity contribution in [1.82, 2.24) is 9.80 Å². The number of hydrogen-bond donors (Lipinski definition) is 1. The molecule has 0 aliphatic heterocycles. The van der Waals surface area contributed by atoms with Crippen LogP contribution >= 0.6 is 0 Å². The van der Waals surface area contributed by atoms with Gasteiger partial charge in [0.1, 0.15) is 5.75 Å². The molecule has 112 valence electrons. The summed E-state index contributed by atoms with van der Waals surface area (Å²) in [7, 11) is 3.97. The number of amides is 1. The maximum absolute atomic E-state index is 12.6. The minimum absolute atomic E-state index is 0.0635. The van der Waals surface area contributed by atoms with Crippen LogP contribution in [0.25, 0.3) is 0 Å². The lowest BCUT2D eigenvalue weighted by Crippen LogP contribution is -2.39. The zero-order valence-electron chi connectivity index (χ0n) is 13.2. The predicted molar refractivity (Wildman–Crippen MR) is 82.1 cm³/mol. The molecule has 0 saturated carbocycles. The highest BCUT2D eigenvalue weighted by molar-refractivity contribution is 5.96. The molecular weight excluding hydrogens is 252 g/mol. The Bertz CT molecular complexity index is 456. The first-order valence-electron chi connectivity index (χ1n) is 7.05. The highest BCUT2D eigenvalue weighted by atomic mass is 16.3. The number of carbonyl (C=O) groups excluding carboxylic acids is 1. The van der Waals surface area contributed by atoms with Crippen molar-refractivity contribution < 1.29 is 9.90 Å². The molecule has 0 fully saturated rings. The van der Waals surface area contributed by atoms with E-state index in [2.05, 4.69) is 18.7 Å². The van der Waals surface area contributed by atoms with Crippen molar-refractivity contribution in [3.8, 4) is 5.75 Å². The number of nitrogens with zero attached hydrogens (tertiary/aromatic N) is 2. The van der Waals surface area contributed by atoms with Gasteiger partial charge < -0.3 is 14.9 Å². The summed E-state index contributed by atoms with van der Waals surface area (Å²) in [5.41, 5.74) is 1.33. The number of phenols is 1. The summed E-state index contributed by atoms with van der Waals surface area (Å²) in [6, 6.07) is 5.19. The molecule has 0 radical (unpaired) electrons. The molecule has 4 nitrogen and oxygen atoms in total. The van der Waals surface area contributed by atoms with Crippen LogP contribution in [0.2, 0.25) is 0 Å². The highest BCUT2D eigenvalue weighted by Crippen LogP contribution is 2.20. The van der Waals surface area contributed by atoms with Crippen molar-refractivity contribution in [3.05, 3.63) is 29.3 Å². The zero-order chi connectivity index (χ0) is 15.3. The van der Waals surface area contributed by atoms with E-state index in [1.165, 1.54) is 0 Å². The van der Waals surface area contributed by atoms with Gasteiger partial charge in [-0.05, 0) is 44.6 Å². The third kappa shape index (κ3) is 4.85. The Balaban J connectivity index is 2.90. The van der Waals surface area contributed by atoms with Gasteiger partial charge in [-0.1, -0.05) is 19.9 Å². The molecule has 0 unspecified atom stereocenters. The summed E-state index contributed by atoms with van der Waals surface area (Å²) in [5, 5.41) is 9.96. The van der Waals surface area contributed by atoms with Gasteiger partial charge in [0, 0.05) is 19.6 Å². The first-order chi connectivity index (χ1) is 9.31. The quantitative estimate of drug-likeness (QED) is 0.868. The maximum Gasteiger partial charge on any atom is 0.257 e. The van der Waals surface area contributed by atoms with Crippen LogP contribution in [0.1, 0.15) is 29.8 Å². The molecule has 0 aliphatic rings. The number of hydrogen-bond acceptors (Lipinski definition) is 3. The van der Waals surface area contributed by atoms with Crippen LogP contribution < -0.4 is 0 Å². The molecule has 0 spiro atoms. The Morgan fingerprint density at radius 2 is 1.90 bits per heavy atom. The van der Waals surface area contributed by atoms with Crippen LogP contribution in [-0.4, -0.2) is 54.5 Å². The summed E-state index contributed by atoms with van der Waals surface area (Å²) in [4.78, 5) is 16.4. The minimum Gasteiger partial charge on any atom is -0.507 e. The zero-order valence-corrected chi connectivity index (χ0v) is 13.2. The van der Waals surface area contributed by atoms with Gasteiger partial charge in [0.05, 0.1) is 5.56 Å². The fraction of sp³-hybridized carbons (Fsp3) is 0.562. The number of benzene rings is 1. The van der Waals surface area contributed by atoms with E-state index >= 15 is 0 Å². The van der Waals surface area contributed by atoms with E-state index in [1.54, 1.807) is 12.1 Å². The molecule has 0 heterocycles. The van der Waals surface area contributed by atoms with E-state index in [1.807, 2.05) is 32.0 Å². The Morgan fingerprint density at radius 1 is 1.25 bits per heavy atom. The molecule has 0 aliphatic carbocycles. The largest absolute Gasteiger partial charge is 0.507 e. The molecule has 1 rings (SSSR count). The van der Waals surface area contributed by atoms with Crippen molar-refractivity contribution in [3.63, 3.8) is 0 Å². The molecular formula is C16H26N2O2. The Kier molecular flexibility index (Phi) is 6.02. The number of aromatic hydroxyl groups is 1. The fourth-order valence-electron chi connectivity index (χ4n) is 2.03. The molecule has 0 atom stereocenters. The van der Waals surface area contributed by atoms with Crippen molar-refractivity contribution in [2.24, 2.45) is 5.92 Å². The number of likely N-dealkylation sites (N-methyl/N-ethyl adjacent to an activating group) is 1. The van der Waals surface area contributed by atoms with Crippen LogP contribution in [0.15, 0.2) is 18.2 Å². The normalized spacial score (nSPS) is 11.2. The molecule has 0 saturated heterocycles. The van der Waals surface area contributed by atoms with Gasteiger partial charge in [0.15, 0.2) is 0 Å². The monoisotopic (exact) mass is 278 g/mol. The van der Waals surface area contributed by atoms with Gasteiger partial charge in [-0.2, -0.15) is 0 Å². The van der Waals surface area contributed by atoms with Crippen molar-refractivity contribution in [2.75, 3.05) is 33.7 Å². The van der Waals surface area contributed by atoms with E-state index in [0.717, 1.165) is 12.1 Å². The molecule has 1 N–H and O–H groups in total. The number of carbonyl (C=O) groups is 1.